The van der Waals surface area contributed by atoms with Crippen LogP contribution in [0.4, 0.5) is 18.0 Å². The molecule has 1 aliphatic heterocycles. The summed E-state index contributed by atoms with van der Waals surface area (Å²) in [6.45, 7) is 5.30. The lowest BCUT2D eigenvalue weighted by Crippen LogP contribution is -2.45. The van der Waals surface area contributed by atoms with E-state index in [1.807, 2.05) is 0 Å². The molecule has 0 N–H and O–H groups in total. The smallest absolute Gasteiger partial charge is 0.422 e. The highest BCUT2D eigenvalue weighted by atomic mass is 32.2. The number of benzene rings is 1. The summed E-state index contributed by atoms with van der Waals surface area (Å²) in [6.07, 6.45) is -4.65. The zero-order valence-corrected chi connectivity index (χ0v) is 14.2. The molecule has 1 heterocycles. The number of alkyl halides is 3. The Labute approximate surface area is 142 Å². The van der Waals surface area contributed by atoms with Gasteiger partial charge < -0.3 is 4.74 Å². The lowest BCUT2D eigenvalue weighted by molar-refractivity contribution is -0.216. The molecular weight excluding hydrogens is 347 g/mol. The van der Waals surface area contributed by atoms with Crippen LogP contribution in [0.15, 0.2) is 24.3 Å². The van der Waals surface area contributed by atoms with Crippen LogP contribution in [0.1, 0.15) is 31.9 Å². The molecule has 0 spiro atoms. The monoisotopic (exact) mass is 365 g/mol. The molecule has 1 atom stereocenters. The van der Waals surface area contributed by atoms with Gasteiger partial charge in [-0.2, -0.15) is 13.2 Å². The van der Waals surface area contributed by atoms with Crippen LogP contribution in [0.5, 0.6) is 0 Å². The Hall–Kier alpha value is -1.45. The molecule has 1 aliphatic rings. The molecule has 5 nitrogen and oxygen atoms in total. The molecule has 1 amide bonds. The lowest BCUT2D eigenvalue weighted by atomic mass is 10.0. The zero-order valence-electron chi connectivity index (χ0n) is 13.4. The molecule has 1 aromatic rings. The fraction of sp³-hybridized carbons (Fsp3) is 0.533. The van der Waals surface area contributed by atoms with Gasteiger partial charge in [-0.1, -0.05) is 12.1 Å². The molecule has 0 radical (unpaired) electrons. The van der Waals surface area contributed by atoms with E-state index in [0.29, 0.717) is 24.2 Å². The van der Waals surface area contributed by atoms with E-state index in [4.69, 9.17) is 14.0 Å². The van der Waals surface area contributed by atoms with Crippen molar-refractivity contribution in [3.05, 3.63) is 35.4 Å². The minimum atomic E-state index is -4.38. The fourth-order valence-electron chi connectivity index (χ4n) is 2.02. The summed E-state index contributed by atoms with van der Waals surface area (Å²) in [5.74, 6) is 0. The molecule has 0 aliphatic carbocycles. The van der Waals surface area contributed by atoms with Crippen LogP contribution in [0.25, 0.3) is 0 Å². The number of amides is 1. The van der Waals surface area contributed by atoms with Crippen molar-refractivity contribution in [2.24, 2.45) is 0 Å². The normalized spacial score (nSPS) is 19.2. The van der Waals surface area contributed by atoms with E-state index in [2.05, 4.69) is 0 Å². The van der Waals surface area contributed by atoms with Crippen LogP contribution in [-0.2, 0) is 26.6 Å². The zero-order chi connectivity index (χ0) is 18.0. The Kier molecular flexibility index (Phi) is 5.67. The first kappa shape index (κ1) is 18.9. The summed E-state index contributed by atoms with van der Waals surface area (Å²) in [7, 11) is 0. The summed E-state index contributed by atoms with van der Waals surface area (Å²) in [5.41, 5.74) is -0.741. The third-order valence-electron chi connectivity index (χ3n) is 3.08. The molecule has 9 heteroatoms. The summed E-state index contributed by atoms with van der Waals surface area (Å²) >= 11 is 0.703. The van der Waals surface area contributed by atoms with Gasteiger partial charge in [0, 0.05) is 0 Å². The molecule has 0 saturated carbocycles. The van der Waals surface area contributed by atoms with Crippen molar-refractivity contribution in [1.82, 2.24) is 4.31 Å². The van der Waals surface area contributed by atoms with E-state index < -0.39 is 29.5 Å². The molecule has 2 rings (SSSR count). The van der Waals surface area contributed by atoms with E-state index in [0.717, 1.165) is 12.1 Å². The summed E-state index contributed by atoms with van der Waals surface area (Å²) in [6, 6.07) is 4.38. The molecule has 0 bridgehead atoms. The Balaban J connectivity index is 2.07. The SMILES string of the molecule is CC(C)(C)OC(=O)N1SOOCC1Cc1ccc(C(F)(F)F)cc1. The van der Waals surface area contributed by atoms with E-state index in [-0.39, 0.29) is 6.61 Å². The molecule has 1 saturated heterocycles. The number of hydrogen-bond donors (Lipinski definition) is 0. The maximum Gasteiger partial charge on any atom is 0.422 e. The number of hydrogen-bond acceptors (Lipinski definition) is 5. The van der Waals surface area contributed by atoms with E-state index in [1.165, 1.54) is 16.4 Å². The number of rotatable bonds is 2. The molecule has 0 aromatic heterocycles. The summed E-state index contributed by atoms with van der Waals surface area (Å²) in [5, 5.41) is 0. The van der Waals surface area contributed by atoms with Gasteiger partial charge in [-0.3, -0.25) is 0 Å². The van der Waals surface area contributed by atoms with Gasteiger partial charge in [-0.15, -0.1) is 4.33 Å². The summed E-state index contributed by atoms with van der Waals surface area (Å²) < 4.78 is 49.1. The largest absolute Gasteiger partial charge is 0.443 e. The van der Waals surface area contributed by atoms with Gasteiger partial charge in [0.15, 0.2) is 12.2 Å². The second-order valence-corrected chi connectivity index (χ2v) is 6.96. The van der Waals surface area contributed by atoms with Gasteiger partial charge in [-0.05, 0) is 44.9 Å². The second-order valence-electron chi connectivity index (χ2n) is 6.29. The van der Waals surface area contributed by atoms with Crippen LogP contribution < -0.4 is 0 Å². The lowest BCUT2D eigenvalue weighted by Gasteiger charge is -2.33. The number of carbonyl (C=O) groups is 1. The Morgan fingerprint density at radius 1 is 1.29 bits per heavy atom. The van der Waals surface area contributed by atoms with Crippen molar-refractivity contribution in [2.75, 3.05) is 6.61 Å². The number of nitrogens with zero attached hydrogens (tertiary/aromatic N) is 1. The van der Waals surface area contributed by atoms with Gasteiger partial charge in [-0.25, -0.2) is 14.0 Å². The van der Waals surface area contributed by atoms with E-state index in [9.17, 15) is 18.0 Å². The first-order chi connectivity index (χ1) is 11.1. The highest BCUT2D eigenvalue weighted by molar-refractivity contribution is 7.92. The molecule has 1 fully saturated rings. The summed E-state index contributed by atoms with van der Waals surface area (Å²) in [4.78, 5) is 17.1. The highest BCUT2D eigenvalue weighted by Gasteiger charge is 2.34. The van der Waals surface area contributed by atoms with Crippen molar-refractivity contribution in [1.29, 1.82) is 0 Å². The standard InChI is InChI=1S/C15H18F3NO4S/c1-14(2,3)22-13(20)19-12(9-21-23-24-19)8-10-4-6-11(7-5-10)15(16,17)18/h4-7,12H,8-9H2,1-3H3. The first-order valence-electron chi connectivity index (χ1n) is 7.21. The molecule has 1 unspecified atom stereocenters. The minimum Gasteiger partial charge on any atom is -0.443 e. The molecular formula is C15H18F3NO4S. The van der Waals surface area contributed by atoms with Crippen LogP contribution in [0.2, 0.25) is 0 Å². The Morgan fingerprint density at radius 2 is 1.92 bits per heavy atom. The van der Waals surface area contributed by atoms with Crippen molar-refractivity contribution in [2.45, 2.75) is 45.0 Å². The first-order valence-corrected chi connectivity index (χ1v) is 7.91. The third kappa shape index (κ3) is 5.29. The fourth-order valence-corrected chi connectivity index (χ4v) is 2.54. The average Bonchev–Trinajstić information content (AvgIpc) is 2.45. The van der Waals surface area contributed by atoms with Crippen molar-refractivity contribution < 1.29 is 31.9 Å². The van der Waals surface area contributed by atoms with Gasteiger partial charge in [0.1, 0.15) is 12.2 Å². The maximum absolute atomic E-state index is 12.6. The third-order valence-corrected chi connectivity index (χ3v) is 3.84. The van der Waals surface area contributed by atoms with Gasteiger partial charge in [0.25, 0.3) is 0 Å². The predicted molar refractivity (Wildman–Crippen MR) is 81.6 cm³/mol. The minimum absolute atomic E-state index is 0.0905. The second kappa shape index (κ2) is 7.20. The van der Waals surface area contributed by atoms with Crippen molar-refractivity contribution in [3.63, 3.8) is 0 Å². The van der Waals surface area contributed by atoms with Crippen LogP contribution in [0.3, 0.4) is 0 Å². The topological polar surface area (TPSA) is 48.0 Å². The Bertz CT molecular complexity index is 572. The maximum atomic E-state index is 12.6. The molecule has 24 heavy (non-hydrogen) atoms. The van der Waals surface area contributed by atoms with Crippen molar-refractivity contribution >= 4 is 18.3 Å². The quantitative estimate of drug-likeness (QED) is 0.442. The number of carbonyl (C=O) groups excluding carboxylic acids is 1. The molecule has 134 valence electrons. The Morgan fingerprint density at radius 3 is 2.46 bits per heavy atom. The number of halogens is 3. The molecule has 1 aromatic carbocycles. The van der Waals surface area contributed by atoms with Gasteiger partial charge in [0.2, 0.25) is 0 Å². The van der Waals surface area contributed by atoms with Gasteiger partial charge >= 0.3 is 12.3 Å². The van der Waals surface area contributed by atoms with Crippen molar-refractivity contribution in [3.8, 4) is 0 Å². The van der Waals surface area contributed by atoms with Crippen LogP contribution >= 0.6 is 12.2 Å². The predicted octanol–water partition coefficient (Wildman–Crippen LogP) is 4.38. The van der Waals surface area contributed by atoms with E-state index >= 15 is 0 Å². The highest BCUT2D eigenvalue weighted by Crippen LogP contribution is 2.30. The number of ether oxygens (including phenoxy) is 1. The average molecular weight is 365 g/mol. The van der Waals surface area contributed by atoms with Crippen LogP contribution in [0, 0.1) is 0 Å². The van der Waals surface area contributed by atoms with Gasteiger partial charge in [0.05, 0.1) is 11.6 Å². The van der Waals surface area contributed by atoms with E-state index in [1.54, 1.807) is 20.8 Å². The van der Waals surface area contributed by atoms with Crippen LogP contribution in [-0.4, -0.2) is 28.6 Å².